The van der Waals surface area contributed by atoms with Gasteiger partial charge in [-0.3, -0.25) is 0 Å². The molecule has 0 bridgehead atoms. The first-order valence-corrected chi connectivity index (χ1v) is 3.75. The van der Waals surface area contributed by atoms with E-state index < -0.39 is 36.8 Å². The molecule has 0 amide bonds. The minimum atomic E-state index is -1.29. The van der Waals surface area contributed by atoms with Crippen molar-refractivity contribution in [1.82, 2.24) is 0 Å². The molecular formula is C7H12O5. The van der Waals surface area contributed by atoms with Gasteiger partial charge < -0.3 is 20.1 Å². The van der Waals surface area contributed by atoms with E-state index in [9.17, 15) is 9.90 Å². The second-order valence-corrected chi connectivity index (χ2v) is 2.95. The fourth-order valence-corrected chi connectivity index (χ4v) is 1.17. The van der Waals surface area contributed by atoms with E-state index in [1.807, 2.05) is 0 Å². The molecule has 1 rings (SSSR count). The van der Waals surface area contributed by atoms with Gasteiger partial charge in [-0.25, -0.2) is 4.79 Å². The van der Waals surface area contributed by atoms with Gasteiger partial charge in [-0.2, -0.15) is 0 Å². The third kappa shape index (κ3) is 1.43. The molecule has 1 saturated heterocycles. The van der Waals surface area contributed by atoms with Gasteiger partial charge in [0.15, 0.2) is 12.2 Å². The predicted octanol–water partition coefficient (Wildman–Crippen LogP) is -1.74. The lowest BCUT2D eigenvalue weighted by Crippen LogP contribution is -2.52. The smallest absolute Gasteiger partial charge is 0.335 e. The highest BCUT2D eigenvalue weighted by Gasteiger charge is 2.41. The van der Waals surface area contributed by atoms with Crippen LogP contribution in [0.25, 0.3) is 0 Å². The minimum absolute atomic E-state index is 0.427. The summed E-state index contributed by atoms with van der Waals surface area (Å²) in [6.45, 7) is 1.10. The van der Waals surface area contributed by atoms with Gasteiger partial charge in [0.05, 0.1) is 12.7 Å². The summed E-state index contributed by atoms with van der Waals surface area (Å²) in [4.78, 5) is 10.8. The van der Waals surface area contributed by atoms with Gasteiger partial charge in [0.2, 0.25) is 0 Å². The number of hydrogen-bond acceptors (Lipinski definition) is 5. The molecule has 0 saturated carbocycles. The van der Waals surface area contributed by atoms with E-state index in [1.165, 1.54) is 6.92 Å². The van der Waals surface area contributed by atoms with Gasteiger partial charge in [-0.05, 0) is 0 Å². The van der Waals surface area contributed by atoms with Crippen LogP contribution in [-0.2, 0) is 9.53 Å². The van der Waals surface area contributed by atoms with E-state index in [0.717, 1.165) is 0 Å². The Morgan fingerprint density at radius 2 is 2.08 bits per heavy atom. The zero-order valence-corrected chi connectivity index (χ0v) is 6.67. The SMILES string of the molecule is C[C@H]1C(O)C(=O)OC(CO)[C@H]1O. The first-order valence-electron chi connectivity index (χ1n) is 3.75. The number of esters is 1. The highest BCUT2D eigenvalue weighted by molar-refractivity contribution is 5.75. The van der Waals surface area contributed by atoms with Gasteiger partial charge in [0.1, 0.15) is 0 Å². The van der Waals surface area contributed by atoms with E-state index in [1.54, 1.807) is 0 Å². The van der Waals surface area contributed by atoms with Crippen LogP contribution in [0.15, 0.2) is 0 Å². The van der Waals surface area contributed by atoms with Crippen molar-refractivity contribution in [1.29, 1.82) is 0 Å². The van der Waals surface area contributed by atoms with Gasteiger partial charge in [0, 0.05) is 5.92 Å². The summed E-state index contributed by atoms with van der Waals surface area (Å²) in [6, 6.07) is 0. The Kier molecular flexibility index (Phi) is 2.66. The Bertz CT molecular complexity index is 179. The molecule has 1 fully saturated rings. The van der Waals surface area contributed by atoms with Crippen molar-refractivity contribution in [2.75, 3.05) is 6.61 Å². The molecule has 0 radical (unpaired) electrons. The van der Waals surface area contributed by atoms with Gasteiger partial charge in [-0.1, -0.05) is 6.92 Å². The minimum Gasteiger partial charge on any atom is -0.455 e. The van der Waals surface area contributed by atoms with E-state index in [-0.39, 0.29) is 0 Å². The predicted molar refractivity (Wildman–Crippen MR) is 38.1 cm³/mol. The summed E-state index contributed by atoms with van der Waals surface area (Å²) in [5, 5.41) is 27.1. The molecule has 0 aliphatic carbocycles. The monoisotopic (exact) mass is 176 g/mol. The average molecular weight is 176 g/mol. The average Bonchev–Trinajstić information content (AvgIpc) is 2.08. The Balaban J connectivity index is 2.70. The first-order chi connectivity index (χ1) is 5.57. The molecule has 2 unspecified atom stereocenters. The molecular weight excluding hydrogens is 164 g/mol. The molecule has 4 atom stereocenters. The standard InChI is InChI=1S/C7H12O5/c1-3-5(9)4(2-8)12-7(11)6(3)10/h3-6,8-10H,2H2,1H3/t3-,4?,5+,6?/m1/s1. The first kappa shape index (κ1) is 9.44. The van der Waals surface area contributed by atoms with Crippen molar-refractivity contribution in [3.05, 3.63) is 0 Å². The maximum Gasteiger partial charge on any atom is 0.335 e. The second-order valence-electron chi connectivity index (χ2n) is 2.95. The Morgan fingerprint density at radius 1 is 1.50 bits per heavy atom. The number of hydrogen-bond donors (Lipinski definition) is 3. The molecule has 12 heavy (non-hydrogen) atoms. The van der Waals surface area contributed by atoms with Crippen molar-refractivity contribution in [3.8, 4) is 0 Å². The van der Waals surface area contributed by atoms with Gasteiger partial charge >= 0.3 is 5.97 Å². The molecule has 1 aliphatic heterocycles. The maximum absolute atomic E-state index is 10.8. The summed E-state index contributed by atoms with van der Waals surface area (Å²) in [5.41, 5.74) is 0. The van der Waals surface area contributed by atoms with Crippen LogP contribution in [0.5, 0.6) is 0 Å². The van der Waals surface area contributed by atoms with Crippen LogP contribution in [0, 0.1) is 5.92 Å². The summed E-state index contributed by atoms with van der Waals surface area (Å²) in [5.74, 6) is -1.38. The van der Waals surface area contributed by atoms with Crippen molar-refractivity contribution in [2.24, 2.45) is 5.92 Å². The van der Waals surface area contributed by atoms with Crippen LogP contribution in [0.3, 0.4) is 0 Å². The van der Waals surface area contributed by atoms with E-state index in [0.29, 0.717) is 0 Å². The summed E-state index contributed by atoms with van der Waals surface area (Å²) >= 11 is 0. The second kappa shape index (κ2) is 3.38. The molecule has 0 aromatic rings. The van der Waals surface area contributed by atoms with E-state index in [2.05, 4.69) is 4.74 Å². The van der Waals surface area contributed by atoms with Crippen LogP contribution in [0.1, 0.15) is 6.92 Å². The van der Waals surface area contributed by atoms with Crippen molar-refractivity contribution in [2.45, 2.75) is 25.2 Å². The van der Waals surface area contributed by atoms with E-state index >= 15 is 0 Å². The topological polar surface area (TPSA) is 87.0 Å². The number of cyclic esters (lactones) is 1. The van der Waals surface area contributed by atoms with Gasteiger partial charge in [0.25, 0.3) is 0 Å². The number of ether oxygens (including phenoxy) is 1. The molecule has 0 spiro atoms. The normalized spacial score (nSPS) is 42.5. The third-order valence-corrected chi connectivity index (χ3v) is 2.11. The van der Waals surface area contributed by atoms with Gasteiger partial charge in [-0.15, -0.1) is 0 Å². The number of rotatable bonds is 1. The molecule has 0 aromatic heterocycles. The van der Waals surface area contributed by atoms with Crippen LogP contribution < -0.4 is 0 Å². The zero-order chi connectivity index (χ0) is 9.30. The summed E-state index contributed by atoms with van der Waals surface area (Å²) in [7, 11) is 0. The molecule has 1 heterocycles. The molecule has 1 aliphatic rings. The number of carbonyl (C=O) groups is 1. The van der Waals surface area contributed by atoms with Crippen LogP contribution in [0.2, 0.25) is 0 Å². The lowest BCUT2D eigenvalue weighted by Gasteiger charge is -2.34. The molecule has 5 heteroatoms. The fourth-order valence-electron chi connectivity index (χ4n) is 1.17. The molecule has 0 aromatic carbocycles. The third-order valence-electron chi connectivity index (χ3n) is 2.11. The molecule has 70 valence electrons. The summed E-state index contributed by atoms with van der Waals surface area (Å²) < 4.78 is 4.54. The lowest BCUT2D eigenvalue weighted by atomic mass is 9.92. The molecule has 5 nitrogen and oxygen atoms in total. The number of aliphatic hydroxyl groups excluding tert-OH is 3. The van der Waals surface area contributed by atoms with Crippen LogP contribution >= 0.6 is 0 Å². The summed E-state index contributed by atoms with van der Waals surface area (Å²) in [6.07, 6.45) is -3.19. The fraction of sp³-hybridized carbons (Fsp3) is 0.857. The van der Waals surface area contributed by atoms with Crippen LogP contribution in [-0.4, -0.2) is 46.2 Å². The lowest BCUT2D eigenvalue weighted by molar-refractivity contribution is -0.193. The number of aliphatic hydroxyl groups is 3. The Hall–Kier alpha value is -0.650. The Labute approximate surface area is 69.6 Å². The molecule has 3 N–H and O–H groups in total. The van der Waals surface area contributed by atoms with Crippen molar-refractivity contribution >= 4 is 5.97 Å². The maximum atomic E-state index is 10.8. The van der Waals surface area contributed by atoms with E-state index in [4.69, 9.17) is 10.2 Å². The Morgan fingerprint density at radius 3 is 2.58 bits per heavy atom. The number of carbonyl (C=O) groups excluding carboxylic acids is 1. The van der Waals surface area contributed by atoms with Crippen molar-refractivity contribution in [3.63, 3.8) is 0 Å². The largest absolute Gasteiger partial charge is 0.455 e. The highest BCUT2D eigenvalue weighted by atomic mass is 16.6. The van der Waals surface area contributed by atoms with Crippen LogP contribution in [0.4, 0.5) is 0 Å². The van der Waals surface area contributed by atoms with Crippen molar-refractivity contribution < 1.29 is 24.9 Å². The highest BCUT2D eigenvalue weighted by Crippen LogP contribution is 2.21. The zero-order valence-electron chi connectivity index (χ0n) is 6.67. The quantitative estimate of drug-likeness (QED) is 0.413.